The van der Waals surface area contributed by atoms with Crippen molar-refractivity contribution < 1.29 is 13.2 Å². The normalized spacial score (nSPS) is 13.9. The second-order valence-electron chi connectivity index (χ2n) is 6.26. The summed E-state index contributed by atoms with van der Waals surface area (Å²) in [4.78, 5) is 12.5. The van der Waals surface area contributed by atoms with E-state index in [1.54, 1.807) is 19.1 Å². The quantitative estimate of drug-likeness (QED) is 0.640. The summed E-state index contributed by atoms with van der Waals surface area (Å²) in [6.45, 7) is 7.83. The molecular weight excluding hydrogens is 350 g/mol. The Morgan fingerprint density at radius 2 is 1.71 bits per heavy atom. The van der Waals surface area contributed by atoms with E-state index in [-0.39, 0.29) is 35.2 Å². The van der Waals surface area contributed by atoms with E-state index in [4.69, 9.17) is 5.73 Å². The molecule has 0 radical (unpaired) electrons. The van der Waals surface area contributed by atoms with E-state index < -0.39 is 16.1 Å². The molecule has 0 saturated heterocycles. The van der Waals surface area contributed by atoms with Crippen LogP contribution in [0.3, 0.4) is 0 Å². The van der Waals surface area contributed by atoms with Crippen LogP contribution in [0.2, 0.25) is 0 Å². The maximum Gasteiger partial charge on any atom is 0.241 e. The SMILES string of the molecule is Cc1ccc(S(=O)(=O)NC(CC(C)C)C(=O)N[C@@H](C)CN)cc1.Cl. The standard InChI is InChI=1S/C16H27N3O3S.ClH/c1-11(2)9-15(16(20)18-13(4)10-17)19-23(21,22)14-7-5-12(3)6-8-14;/h5-8,11,13,15,19H,9-10,17H2,1-4H3,(H,18,20);1H/t13-,15?;/m0./s1. The molecule has 0 spiro atoms. The average Bonchev–Trinajstić information content (AvgIpc) is 2.46. The molecule has 138 valence electrons. The van der Waals surface area contributed by atoms with Gasteiger partial charge in [-0.25, -0.2) is 8.42 Å². The number of hydrogen-bond acceptors (Lipinski definition) is 4. The van der Waals surface area contributed by atoms with E-state index in [2.05, 4.69) is 10.0 Å². The van der Waals surface area contributed by atoms with E-state index in [0.29, 0.717) is 13.0 Å². The first-order valence-electron chi connectivity index (χ1n) is 7.75. The van der Waals surface area contributed by atoms with Crippen LogP contribution >= 0.6 is 12.4 Å². The highest BCUT2D eigenvalue weighted by Gasteiger charge is 2.27. The van der Waals surface area contributed by atoms with Crippen LogP contribution in [-0.2, 0) is 14.8 Å². The monoisotopic (exact) mass is 377 g/mol. The summed E-state index contributed by atoms with van der Waals surface area (Å²) in [5.41, 5.74) is 6.47. The second-order valence-corrected chi connectivity index (χ2v) is 7.98. The molecule has 6 nitrogen and oxygen atoms in total. The Morgan fingerprint density at radius 1 is 1.17 bits per heavy atom. The van der Waals surface area contributed by atoms with Crippen molar-refractivity contribution in [3.63, 3.8) is 0 Å². The fourth-order valence-corrected chi connectivity index (χ4v) is 3.26. The van der Waals surface area contributed by atoms with E-state index in [1.807, 2.05) is 20.8 Å². The molecule has 0 heterocycles. The Bertz CT molecular complexity index is 618. The number of aryl methyl sites for hydroxylation is 1. The molecule has 1 aromatic carbocycles. The zero-order valence-corrected chi connectivity index (χ0v) is 16.2. The van der Waals surface area contributed by atoms with Crippen LogP contribution in [0.15, 0.2) is 29.2 Å². The van der Waals surface area contributed by atoms with Gasteiger partial charge in [0.05, 0.1) is 4.90 Å². The number of benzene rings is 1. The van der Waals surface area contributed by atoms with Gasteiger partial charge in [-0.1, -0.05) is 31.5 Å². The maximum atomic E-state index is 12.5. The number of sulfonamides is 1. The van der Waals surface area contributed by atoms with Crippen LogP contribution in [-0.4, -0.2) is 33.0 Å². The maximum absolute atomic E-state index is 12.5. The van der Waals surface area contributed by atoms with Crippen LogP contribution in [0, 0.1) is 12.8 Å². The lowest BCUT2D eigenvalue weighted by molar-refractivity contribution is -0.123. The van der Waals surface area contributed by atoms with Gasteiger partial charge in [0.1, 0.15) is 6.04 Å². The van der Waals surface area contributed by atoms with Gasteiger partial charge in [0.25, 0.3) is 0 Å². The fraction of sp³-hybridized carbons (Fsp3) is 0.562. The van der Waals surface area contributed by atoms with Gasteiger partial charge in [-0.3, -0.25) is 4.79 Å². The van der Waals surface area contributed by atoms with E-state index in [9.17, 15) is 13.2 Å². The number of carbonyl (C=O) groups excluding carboxylic acids is 1. The first-order chi connectivity index (χ1) is 10.7. The molecule has 0 bridgehead atoms. The minimum absolute atomic E-state index is 0. The minimum atomic E-state index is -3.75. The molecule has 0 saturated carbocycles. The molecule has 0 aliphatic heterocycles. The van der Waals surface area contributed by atoms with Crippen molar-refractivity contribution >= 4 is 28.3 Å². The molecule has 1 unspecified atom stereocenters. The first kappa shape index (κ1) is 22.9. The minimum Gasteiger partial charge on any atom is -0.351 e. The van der Waals surface area contributed by atoms with Crippen molar-refractivity contribution in [1.29, 1.82) is 0 Å². The summed E-state index contributed by atoms with van der Waals surface area (Å²) in [7, 11) is -3.75. The van der Waals surface area contributed by atoms with Gasteiger partial charge in [-0.15, -0.1) is 12.4 Å². The molecule has 1 aromatic rings. The summed E-state index contributed by atoms with van der Waals surface area (Å²) in [6, 6.07) is 5.48. The van der Waals surface area contributed by atoms with Gasteiger partial charge in [0.15, 0.2) is 0 Å². The summed E-state index contributed by atoms with van der Waals surface area (Å²) >= 11 is 0. The second kappa shape index (κ2) is 9.98. The number of halogens is 1. The topological polar surface area (TPSA) is 101 Å². The number of carbonyl (C=O) groups is 1. The van der Waals surface area contributed by atoms with Crippen molar-refractivity contribution in [3.8, 4) is 0 Å². The third kappa shape index (κ3) is 7.17. The zero-order valence-electron chi connectivity index (χ0n) is 14.6. The fourth-order valence-electron chi connectivity index (χ4n) is 2.06. The smallest absolute Gasteiger partial charge is 0.241 e. The summed E-state index contributed by atoms with van der Waals surface area (Å²) in [6.07, 6.45) is 0.411. The van der Waals surface area contributed by atoms with Crippen molar-refractivity contribution in [3.05, 3.63) is 29.8 Å². The third-order valence-corrected chi connectivity index (χ3v) is 4.88. The van der Waals surface area contributed by atoms with Crippen LogP contribution in [0.1, 0.15) is 32.8 Å². The Labute approximate surface area is 151 Å². The highest BCUT2D eigenvalue weighted by Crippen LogP contribution is 2.13. The molecule has 1 rings (SSSR count). The predicted molar refractivity (Wildman–Crippen MR) is 98.7 cm³/mol. The van der Waals surface area contributed by atoms with Gasteiger partial charge < -0.3 is 11.1 Å². The van der Waals surface area contributed by atoms with Crippen molar-refractivity contribution in [2.45, 2.75) is 51.1 Å². The van der Waals surface area contributed by atoms with E-state index in [1.165, 1.54) is 12.1 Å². The number of amides is 1. The number of nitrogens with two attached hydrogens (primary N) is 1. The van der Waals surface area contributed by atoms with Crippen LogP contribution in [0.5, 0.6) is 0 Å². The Kier molecular flexibility index (Phi) is 9.50. The molecule has 0 aliphatic carbocycles. The Balaban J connectivity index is 0.00000529. The molecule has 0 aliphatic rings. The lowest BCUT2D eigenvalue weighted by Crippen LogP contribution is -2.50. The average molecular weight is 378 g/mol. The summed E-state index contributed by atoms with van der Waals surface area (Å²) < 4.78 is 27.5. The van der Waals surface area contributed by atoms with Gasteiger partial charge in [-0.05, 0) is 38.3 Å². The number of hydrogen-bond donors (Lipinski definition) is 3. The summed E-state index contributed by atoms with van der Waals surface area (Å²) in [5, 5.41) is 2.73. The molecule has 0 fully saturated rings. The first-order valence-corrected chi connectivity index (χ1v) is 9.23. The van der Waals surface area contributed by atoms with E-state index in [0.717, 1.165) is 5.56 Å². The number of rotatable bonds is 8. The molecule has 0 aromatic heterocycles. The summed E-state index contributed by atoms with van der Waals surface area (Å²) in [5.74, 6) is -0.188. The predicted octanol–water partition coefficient (Wildman–Crippen LogP) is 1.57. The highest BCUT2D eigenvalue weighted by atomic mass is 35.5. The lowest BCUT2D eigenvalue weighted by Gasteiger charge is -2.22. The molecule has 1 amide bonds. The van der Waals surface area contributed by atoms with Crippen molar-refractivity contribution in [1.82, 2.24) is 10.0 Å². The molecule has 8 heteroatoms. The lowest BCUT2D eigenvalue weighted by atomic mass is 10.0. The van der Waals surface area contributed by atoms with Gasteiger partial charge in [-0.2, -0.15) is 4.72 Å². The van der Waals surface area contributed by atoms with E-state index >= 15 is 0 Å². The Morgan fingerprint density at radius 3 is 2.17 bits per heavy atom. The zero-order chi connectivity index (χ0) is 17.6. The van der Waals surface area contributed by atoms with Crippen molar-refractivity contribution in [2.24, 2.45) is 11.7 Å². The number of nitrogens with one attached hydrogen (secondary N) is 2. The van der Waals surface area contributed by atoms with Crippen molar-refractivity contribution in [2.75, 3.05) is 6.54 Å². The highest BCUT2D eigenvalue weighted by molar-refractivity contribution is 7.89. The van der Waals surface area contributed by atoms with Crippen LogP contribution < -0.4 is 15.8 Å². The van der Waals surface area contributed by atoms with Crippen LogP contribution in [0.4, 0.5) is 0 Å². The molecule has 24 heavy (non-hydrogen) atoms. The molecular formula is C16H28ClN3O3S. The van der Waals surface area contributed by atoms with Gasteiger partial charge in [0, 0.05) is 12.6 Å². The Hall–Kier alpha value is -1.15. The largest absolute Gasteiger partial charge is 0.351 e. The van der Waals surface area contributed by atoms with Gasteiger partial charge in [0.2, 0.25) is 15.9 Å². The van der Waals surface area contributed by atoms with Gasteiger partial charge >= 0.3 is 0 Å². The third-order valence-electron chi connectivity index (χ3n) is 3.39. The molecule has 2 atom stereocenters. The molecule has 4 N–H and O–H groups in total. The van der Waals surface area contributed by atoms with Crippen LogP contribution in [0.25, 0.3) is 0 Å².